The van der Waals surface area contributed by atoms with Crippen LogP contribution in [0.25, 0.3) is 0 Å². The van der Waals surface area contributed by atoms with Crippen LogP contribution in [0, 0.1) is 5.92 Å². The van der Waals surface area contributed by atoms with Crippen LogP contribution in [-0.4, -0.2) is 80.7 Å². The minimum absolute atomic E-state index is 0.169. The van der Waals surface area contributed by atoms with Gasteiger partial charge in [0.15, 0.2) is 5.85 Å². The van der Waals surface area contributed by atoms with E-state index in [1.165, 1.54) is 4.90 Å². The first kappa shape index (κ1) is 35.7. The van der Waals surface area contributed by atoms with Crippen LogP contribution in [-0.2, 0) is 27.2 Å². The van der Waals surface area contributed by atoms with Gasteiger partial charge >= 0.3 is 13.6 Å². The molecule has 2 aliphatic rings. The van der Waals surface area contributed by atoms with Crippen molar-refractivity contribution in [2.24, 2.45) is 5.92 Å². The van der Waals surface area contributed by atoms with E-state index in [2.05, 4.69) is 10.6 Å². The summed E-state index contributed by atoms with van der Waals surface area (Å²) in [4.78, 5) is 62.8. The molecule has 1 aliphatic carbocycles. The Balaban J connectivity index is 1.45. The highest BCUT2D eigenvalue weighted by Gasteiger charge is 2.38. The molecule has 0 spiro atoms. The van der Waals surface area contributed by atoms with Gasteiger partial charge in [0.1, 0.15) is 18.4 Å². The van der Waals surface area contributed by atoms with E-state index >= 15 is 0 Å². The molecule has 46 heavy (non-hydrogen) atoms. The molecule has 4 amide bonds. The number of urea groups is 1. The molecular formula is C32H44ClN4O8P. The highest BCUT2D eigenvalue weighted by atomic mass is 35.5. The number of para-hydroxylation sites is 1. The number of fused-ring (bicyclic) bond motifs is 1. The van der Waals surface area contributed by atoms with Crippen LogP contribution < -0.4 is 15.4 Å². The Kier molecular flexibility index (Phi) is 12.9. The second kappa shape index (κ2) is 16.6. The molecule has 12 nitrogen and oxygen atoms in total. The largest absolute Gasteiger partial charge is 0.491 e. The number of carbonyl (C=O) groups is 3. The zero-order chi connectivity index (χ0) is 33.3. The normalized spacial score (nSPS) is 17.5. The van der Waals surface area contributed by atoms with Gasteiger partial charge in [0, 0.05) is 37.1 Å². The lowest BCUT2D eigenvalue weighted by Gasteiger charge is -2.31. The Morgan fingerprint density at radius 3 is 2.54 bits per heavy atom. The fourth-order valence-electron chi connectivity index (χ4n) is 6.02. The van der Waals surface area contributed by atoms with Crippen molar-refractivity contribution in [3.05, 3.63) is 64.7 Å². The zero-order valence-electron chi connectivity index (χ0n) is 26.0. The maximum Gasteiger partial charge on any atom is 0.355 e. The Bertz CT molecular complexity index is 1400. The van der Waals surface area contributed by atoms with Gasteiger partial charge in [0.05, 0.1) is 12.6 Å². The first-order valence-corrected chi connectivity index (χ1v) is 17.7. The molecule has 0 saturated heterocycles. The summed E-state index contributed by atoms with van der Waals surface area (Å²) in [6.45, 7) is 1.12. The number of aliphatic hydroxyl groups is 1. The Hall–Kier alpha value is -3.15. The van der Waals surface area contributed by atoms with Crippen LogP contribution in [0.15, 0.2) is 48.5 Å². The van der Waals surface area contributed by atoms with Gasteiger partial charge in [0.2, 0.25) is 11.8 Å². The number of carbonyl (C=O) groups excluding carboxylic acids is 3. The van der Waals surface area contributed by atoms with Crippen LogP contribution >= 0.6 is 19.2 Å². The highest BCUT2D eigenvalue weighted by Crippen LogP contribution is 2.42. The fraction of sp³-hybridized carbons (Fsp3) is 0.531. The van der Waals surface area contributed by atoms with Gasteiger partial charge in [-0.15, -0.1) is 0 Å². The molecule has 252 valence electrons. The van der Waals surface area contributed by atoms with E-state index in [9.17, 15) is 33.8 Å². The number of rotatable bonds is 12. The Labute approximate surface area is 274 Å². The molecule has 3 atom stereocenters. The number of halogens is 1. The molecule has 1 fully saturated rings. The standard InChI is InChI=1S/C32H44ClN4O8P/c1-36(20-23-10-7-12-25(33)18-23)32(41)35-27(19-22-8-3-2-4-9-22)30(39)34-26(31(40)46(42,43)44)14-15-29(38)37-16-17-45-28-13-6-5-11-24(28)21-37/h5-7,10-13,18,22,26-27,31,40H,2-4,8-9,14-17,19-21H2,1H3,(H,34,39)(H,35,41)(H2,42,43,44)/t26-,27-,31?/m0/s1. The van der Waals surface area contributed by atoms with Crippen molar-refractivity contribution >= 4 is 37.0 Å². The molecule has 0 bridgehead atoms. The molecule has 5 N–H and O–H groups in total. The number of nitrogens with zero attached hydrogens (tertiary/aromatic N) is 2. The van der Waals surface area contributed by atoms with Crippen molar-refractivity contribution in [3.8, 4) is 5.75 Å². The lowest BCUT2D eigenvalue weighted by Crippen LogP contribution is -2.55. The molecular weight excluding hydrogens is 635 g/mol. The van der Waals surface area contributed by atoms with Crippen LogP contribution in [0.2, 0.25) is 5.02 Å². The van der Waals surface area contributed by atoms with Crippen LogP contribution in [0.3, 0.4) is 0 Å². The maximum absolute atomic E-state index is 13.7. The van der Waals surface area contributed by atoms with E-state index in [1.807, 2.05) is 30.3 Å². The Morgan fingerprint density at radius 1 is 1.09 bits per heavy atom. The minimum Gasteiger partial charge on any atom is -0.491 e. The van der Waals surface area contributed by atoms with Crippen LogP contribution in [0.5, 0.6) is 5.75 Å². The predicted molar refractivity (Wildman–Crippen MR) is 173 cm³/mol. The molecule has 0 radical (unpaired) electrons. The van der Waals surface area contributed by atoms with Crippen LogP contribution in [0.4, 0.5) is 4.79 Å². The second-order valence-corrected chi connectivity index (χ2v) is 14.3. The molecule has 4 rings (SSSR count). The van der Waals surface area contributed by atoms with Crippen molar-refractivity contribution < 1.29 is 38.6 Å². The summed E-state index contributed by atoms with van der Waals surface area (Å²) in [6, 6.07) is 11.5. The van der Waals surface area contributed by atoms with E-state index in [0.717, 1.165) is 43.2 Å². The highest BCUT2D eigenvalue weighted by molar-refractivity contribution is 7.52. The molecule has 14 heteroatoms. The van der Waals surface area contributed by atoms with Crippen LogP contribution in [0.1, 0.15) is 62.5 Å². The van der Waals surface area contributed by atoms with Crippen molar-refractivity contribution in [3.63, 3.8) is 0 Å². The number of ether oxygens (including phenoxy) is 1. The van der Waals surface area contributed by atoms with E-state index in [1.54, 1.807) is 30.1 Å². The molecule has 1 aliphatic heterocycles. The second-order valence-electron chi connectivity index (χ2n) is 12.2. The molecule has 2 aromatic rings. The fourth-order valence-corrected chi connectivity index (χ4v) is 6.92. The molecule has 0 aromatic heterocycles. The zero-order valence-corrected chi connectivity index (χ0v) is 27.7. The van der Waals surface area contributed by atoms with E-state index in [-0.39, 0.29) is 37.8 Å². The minimum atomic E-state index is -5.07. The van der Waals surface area contributed by atoms with Gasteiger partial charge in [-0.3, -0.25) is 14.2 Å². The average molecular weight is 679 g/mol. The monoisotopic (exact) mass is 678 g/mol. The van der Waals surface area contributed by atoms with Gasteiger partial charge in [-0.05, 0) is 42.5 Å². The van der Waals surface area contributed by atoms with Crippen molar-refractivity contribution in [2.75, 3.05) is 20.2 Å². The molecule has 1 heterocycles. The van der Waals surface area contributed by atoms with Gasteiger partial charge in [-0.1, -0.05) is 74.0 Å². The summed E-state index contributed by atoms with van der Waals surface area (Å²) in [6.07, 6.45) is 4.81. The summed E-state index contributed by atoms with van der Waals surface area (Å²) in [5.41, 5.74) is 1.63. The quantitative estimate of drug-likeness (QED) is 0.210. The van der Waals surface area contributed by atoms with Gasteiger partial charge < -0.3 is 40.1 Å². The summed E-state index contributed by atoms with van der Waals surface area (Å²) < 4.78 is 17.9. The van der Waals surface area contributed by atoms with E-state index in [0.29, 0.717) is 30.3 Å². The summed E-state index contributed by atoms with van der Waals surface area (Å²) in [5.74, 6) is -2.38. The number of nitrogens with one attached hydrogen (secondary N) is 2. The summed E-state index contributed by atoms with van der Waals surface area (Å²) in [5, 5.41) is 16.5. The smallest absolute Gasteiger partial charge is 0.355 e. The number of benzene rings is 2. The SMILES string of the molecule is CN(Cc1cccc(Cl)c1)C(=O)N[C@@H](CC1CCCCC1)C(=O)N[C@@H](CCC(=O)N1CCOc2ccccc2C1)C(O)P(=O)(O)O. The molecule has 1 saturated carbocycles. The van der Waals surface area contributed by atoms with Crippen molar-refractivity contribution in [1.29, 1.82) is 0 Å². The third kappa shape index (κ3) is 10.4. The number of amides is 4. The first-order chi connectivity index (χ1) is 21.9. The van der Waals surface area contributed by atoms with Crippen molar-refractivity contribution in [2.45, 2.75) is 82.4 Å². The Morgan fingerprint density at radius 2 is 1.83 bits per heavy atom. The third-order valence-corrected chi connectivity index (χ3v) is 9.85. The number of hydrogen-bond donors (Lipinski definition) is 5. The lowest BCUT2D eigenvalue weighted by molar-refractivity contribution is -0.132. The average Bonchev–Trinajstić information content (AvgIpc) is 3.25. The van der Waals surface area contributed by atoms with Gasteiger partial charge in [0.25, 0.3) is 0 Å². The van der Waals surface area contributed by atoms with Crippen molar-refractivity contribution in [1.82, 2.24) is 20.4 Å². The third-order valence-electron chi connectivity index (χ3n) is 8.57. The molecule has 2 aromatic carbocycles. The maximum atomic E-state index is 13.7. The summed E-state index contributed by atoms with van der Waals surface area (Å²) >= 11 is 6.09. The molecule has 1 unspecified atom stereocenters. The lowest BCUT2D eigenvalue weighted by atomic mass is 9.84. The van der Waals surface area contributed by atoms with E-state index < -0.39 is 37.5 Å². The summed E-state index contributed by atoms with van der Waals surface area (Å²) in [7, 11) is -3.49. The topological polar surface area (TPSA) is 169 Å². The van der Waals surface area contributed by atoms with E-state index in [4.69, 9.17) is 16.3 Å². The first-order valence-electron chi connectivity index (χ1n) is 15.7. The number of aliphatic hydroxyl groups excluding tert-OH is 1. The van der Waals surface area contributed by atoms with Gasteiger partial charge in [-0.2, -0.15) is 0 Å². The number of hydrogen-bond acceptors (Lipinski definition) is 6. The predicted octanol–water partition coefficient (Wildman–Crippen LogP) is 4.00. The van der Waals surface area contributed by atoms with Gasteiger partial charge in [-0.25, -0.2) is 4.79 Å².